The molecular weight excluding hydrogens is 392 g/mol. The summed E-state index contributed by atoms with van der Waals surface area (Å²) in [6, 6.07) is 16.1. The number of amides is 1. The zero-order valence-electron chi connectivity index (χ0n) is 15.9. The topological polar surface area (TPSA) is 81.4 Å². The summed E-state index contributed by atoms with van der Waals surface area (Å²) in [5, 5.41) is 3.53. The minimum Gasteiger partial charge on any atom is -0.469 e. The number of hydrogen-bond acceptors (Lipinski definition) is 5. The van der Waals surface area contributed by atoms with Crippen LogP contribution in [0.25, 0.3) is 11.3 Å². The molecule has 1 atom stereocenters. The Morgan fingerprint density at radius 3 is 2.55 bits per heavy atom. The standard InChI is InChI=1S/C22H21ClN2O4/c1-28-22(27)13-18(15-5-3-2-4-6-15)25-20(26)11-12-21-24-14-19(29-21)16-7-9-17(23)10-8-16/h2-10,14,18H,11-13H2,1H3,(H,25,26). The Morgan fingerprint density at radius 1 is 1.14 bits per heavy atom. The molecule has 0 fully saturated rings. The van der Waals surface area contributed by atoms with Crippen molar-refractivity contribution in [3.05, 3.63) is 77.3 Å². The maximum atomic E-state index is 12.4. The number of nitrogens with zero attached hydrogens (tertiary/aromatic N) is 1. The number of rotatable bonds is 8. The summed E-state index contributed by atoms with van der Waals surface area (Å²) < 4.78 is 10.5. The first-order chi connectivity index (χ1) is 14.0. The smallest absolute Gasteiger partial charge is 0.307 e. The van der Waals surface area contributed by atoms with Crippen LogP contribution < -0.4 is 5.32 Å². The fourth-order valence-electron chi connectivity index (χ4n) is 2.85. The van der Waals surface area contributed by atoms with Gasteiger partial charge in [-0.25, -0.2) is 4.98 Å². The summed E-state index contributed by atoms with van der Waals surface area (Å²) >= 11 is 5.90. The lowest BCUT2D eigenvalue weighted by molar-refractivity contribution is -0.141. The number of aromatic nitrogens is 1. The van der Waals surface area contributed by atoms with Crippen molar-refractivity contribution >= 4 is 23.5 Å². The largest absolute Gasteiger partial charge is 0.469 e. The van der Waals surface area contributed by atoms with Gasteiger partial charge in [-0.15, -0.1) is 0 Å². The SMILES string of the molecule is COC(=O)CC(NC(=O)CCc1ncc(-c2ccc(Cl)cc2)o1)c1ccccc1. The van der Waals surface area contributed by atoms with Crippen LogP contribution in [0.3, 0.4) is 0 Å². The maximum Gasteiger partial charge on any atom is 0.307 e. The van der Waals surface area contributed by atoms with Crippen molar-refractivity contribution < 1.29 is 18.7 Å². The highest BCUT2D eigenvalue weighted by Gasteiger charge is 2.19. The van der Waals surface area contributed by atoms with Gasteiger partial charge in [-0.1, -0.05) is 41.9 Å². The van der Waals surface area contributed by atoms with E-state index in [1.54, 1.807) is 18.3 Å². The van der Waals surface area contributed by atoms with Crippen molar-refractivity contribution in [3.63, 3.8) is 0 Å². The number of halogens is 1. The highest BCUT2D eigenvalue weighted by atomic mass is 35.5. The van der Waals surface area contributed by atoms with Crippen LogP contribution in [-0.4, -0.2) is 24.0 Å². The molecule has 3 aromatic rings. The van der Waals surface area contributed by atoms with Crippen LogP contribution in [0.5, 0.6) is 0 Å². The predicted molar refractivity (Wildman–Crippen MR) is 109 cm³/mol. The van der Waals surface area contributed by atoms with Crippen LogP contribution in [0.2, 0.25) is 5.02 Å². The van der Waals surface area contributed by atoms with E-state index in [4.69, 9.17) is 20.8 Å². The van der Waals surface area contributed by atoms with Crippen molar-refractivity contribution in [2.75, 3.05) is 7.11 Å². The van der Waals surface area contributed by atoms with Gasteiger partial charge in [0.1, 0.15) is 0 Å². The van der Waals surface area contributed by atoms with Gasteiger partial charge in [0, 0.05) is 23.4 Å². The number of aryl methyl sites for hydroxylation is 1. The zero-order valence-corrected chi connectivity index (χ0v) is 16.7. The second-order valence-corrected chi connectivity index (χ2v) is 6.87. The molecule has 0 saturated carbocycles. The molecule has 0 aliphatic rings. The summed E-state index contributed by atoms with van der Waals surface area (Å²) in [6.45, 7) is 0. The number of methoxy groups -OCH3 is 1. The van der Waals surface area contributed by atoms with Crippen LogP contribution in [0.15, 0.2) is 65.2 Å². The monoisotopic (exact) mass is 412 g/mol. The van der Waals surface area contributed by atoms with Crippen molar-refractivity contribution in [2.45, 2.75) is 25.3 Å². The number of ether oxygens (including phenoxy) is 1. The number of nitrogens with one attached hydrogen (secondary N) is 1. The van der Waals surface area contributed by atoms with Crippen molar-refractivity contribution in [1.29, 1.82) is 0 Å². The molecule has 1 aromatic heterocycles. The van der Waals surface area contributed by atoms with Crippen molar-refractivity contribution in [3.8, 4) is 11.3 Å². The molecule has 1 heterocycles. The molecule has 1 unspecified atom stereocenters. The van der Waals surface area contributed by atoms with Gasteiger partial charge in [-0.05, 0) is 29.8 Å². The predicted octanol–water partition coefficient (Wildman–Crippen LogP) is 4.35. The number of benzene rings is 2. The van der Waals surface area contributed by atoms with Gasteiger partial charge < -0.3 is 14.5 Å². The van der Waals surface area contributed by atoms with Crippen LogP contribution in [0, 0.1) is 0 Å². The van der Waals surface area contributed by atoms with E-state index in [0.717, 1.165) is 11.1 Å². The lowest BCUT2D eigenvalue weighted by Gasteiger charge is -2.18. The minimum absolute atomic E-state index is 0.0615. The Labute approximate surface area is 173 Å². The molecule has 0 aliphatic carbocycles. The Morgan fingerprint density at radius 2 is 1.86 bits per heavy atom. The third-order valence-corrected chi connectivity index (χ3v) is 4.64. The van der Waals surface area contributed by atoms with E-state index in [9.17, 15) is 9.59 Å². The molecule has 0 aliphatic heterocycles. The Bertz CT molecular complexity index is 954. The van der Waals surface area contributed by atoms with Crippen LogP contribution in [-0.2, 0) is 20.7 Å². The molecule has 0 saturated heterocycles. The maximum absolute atomic E-state index is 12.4. The van der Waals surface area contributed by atoms with E-state index in [1.165, 1.54) is 7.11 Å². The van der Waals surface area contributed by atoms with Gasteiger partial charge in [0.25, 0.3) is 0 Å². The molecule has 0 bridgehead atoms. The van der Waals surface area contributed by atoms with Gasteiger partial charge in [0.2, 0.25) is 5.91 Å². The lowest BCUT2D eigenvalue weighted by Crippen LogP contribution is -2.30. The normalized spacial score (nSPS) is 11.7. The van der Waals surface area contributed by atoms with Crippen molar-refractivity contribution in [2.24, 2.45) is 0 Å². The third-order valence-electron chi connectivity index (χ3n) is 4.38. The van der Waals surface area contributed by atoms with E-state index < -0.39 is 6.04 Å². The second kappa shape index (κ2) is 9.89. The zero-order chi connectivity index (χ0) is 20.6. The number of esters is 1. The molecular formula is C22H21ClN2O4. The van der Waals surface area contributed by atoms with Gasteiger partial charge in [0.15, 0.2) is 11.7 Å². The molecule has 0 radical (unpaired) electrons. The Balaban J connectivity index is 1.59. The average molecular weight is 413 g/mol. The second-order valence-electron chi connectivity index (χ2n) is 6.44. The molecule has 3 rings (SSSR count). The molecule has 29 heavy (non-hydrogen) atoms. The quantitative estimate of drug-likeness (QED) is 0.556. The molecule has 6 nitrogen and oxygen atoms in total. The molecule has 1 amide bonds. The summed E-state index contributed by atoms with van der Waals surface area (Å²) in [5.74, 6) is 0.493. The van der Waals surface area contributed by atoms with Crippen molar-refractivity contribution in [1.82, 2.24) is 10.3 Å². The fourth-order valence-corrected chi connectivity index (χ4v) is 2.97. The molecule has 2 aromatic carbocycles. The Kier molecular flexibility index (Phi) is 7.03. The van der Waals surface area contributed by atoms with E-state index in [2.05, 4.69) is 10.3 Å². The fraction of sp³-hybridized carbons (Fsp3) is 0.227. The minimum atomic E-state index is -0.453. The van der Waals surface area contributed by atoms with E-state index >= 15 is 0 Å². The first kappa shape index (κ1) is 20.6. The van der Waals surface area contributed by atoms with Gasteiger partial charge >= 0.3 is 5.97 Å². The first-order valence-corrected chi connectivity index (χ1v) is 9.54. The van der Waals surface area contributed by atoms with Crippen LogP contribution >= 0.6 is 11.6 Å². The third kappa shape index (κ3) is 5.93. The average Bonchev–Trinajstić information content (AvgIpc) is 3.22. The van der Waals surface area contributed by atoms with E-state index in [1.807, 2.05) is 42.5 Å². The van der Waals surface area contributed by atoms with E-state index in [0.29, 0.717) is 23.1 Å². The molecule has 150 valence electrons. The van der Waals surface area contributed by atoms with Gasteiger partial charge in [-0.3, -0.25) is 9.59 Å². The van der Waals surface area contributed by atoms with Gasteiger partial charge in [0.05, 0.1) is 25.8 Å². The highest BCUT2D eigenvalue weighted by molar-refractivity contribution is 6.30. The van der Waals surface area contributed by atoms with Gasteiger partial charge in [-0.2, -0.15) is 0 Å². The number of carbonyl (C=O) groups excluding carboxylic acids is 2. The number of hydrogen-bond donors (Lipinski definition) is 1. The summed E-state index contributed by atoms with van der Waals surface area (Å²) in [7, 11) is 1.33. The van der Waals surface area contributed by atoms with Crippen LogP contribution in [0.1, 0.15) is 30.3 Å². The lowest BCUT2D eigenvalue weighted by atomic mass is 10.0. The Hall–Kier alpha value is -3.12. The van der Waals surface area contributed by atoms with Crippen LogP contribution in [0.4, 0.5) is 0 Å². The highest BCUT2D eigenvalue weighted by Crippen LogP contribution is 2.23. The summed E-state index contributed by atoms with van der Waals surface area (Å²) in [5.41, 5.74) is 1.70. The summed E-state index contributed by atoms with van der Waals surface area (Å²) in [4.78, 5) is 28.4. The molecule has 0 spiro atoms. The molecule has 7 heteroatoms. The molecule has 1 N–H and O–H groups in total. The number of carbonyl (C=O) groups is 2. The summed E-state index contributed by atoms with van der Waals surface area (Å²) in [6.07, 6.45) is 2.22. The number of oxazole rings is 1. The first-order valence-electron chi connectivity index (χ1n) is 9.17. The van der Waals surface area contributed by atoms with E-state index in [-0.39, 0.29) is 24.7 Å².